The van der Waals surface area contributed by atoms with Crippen LogP contribution < -0.4 is 5.32 Å². The van der Waals surface area contributed by atoms with Crippen molar-refractivity contribution in [3.05, 3.63) is 65.2 Å². The average Bonchev–Trinajstić information content (AvgIpc) is 2.61. The van der Waals surface area contributed by atoms with Crippen LogP contribution in [0, 0.1) is 11.6 Å². The molecule has 1 amide bonds. The lowest BCUT2D eigenvalue weighted by Gasteiger charge is -2.19. The SMILES string of the molecule is CCN(CC)S(=O)(=O)c1ccc([C@H](C)NC(=O)c2cc(F)cc(F)c2)cc1. The van der Waals surface area contributed by atoms with Gasteiger partial charge in [-0.15, -0.1) is 0 Å². The van der Waals surface area contributed by atoms with Gasteiger partial charge in [-0.1, -0.05) is 26.0 Å². The first-order valence-corrected chi connectivity index (χ1v) is 10.00. The lowest BCUT2D eigenvalue weighted by Crippen LogP contribution is -2.30. The highest BCUT2D eigenvalue weighted by Gasteiger charge is 2.22. The lowest BCUT2D eigenvalue weighted by molar-refractivity contribution is 0.0939. The summed E-state index contributed by atoms with van der Waals surface area (Å²) >= 11 is 0. The first kappa shape index (κ1) is 21.0. The Morgan fingerprint density at radius 3 is 2.04 bits per heavy atom. The highest BCUT2D eigenvalue weighted by Crippen LogP contribution is 2.20. The number of nitrogens with zero attached hydrogens (tertiary/aromatic N) is 1. The summed E-state index contributed by atoms with van der Waals surface area (Å²) in [7, 11) is -3.56. The summed E-state index contributed by atoms with van der Waals surface area (Å²) in [6.07, 6.45) is 0. The summed E-state index contributed by atoms with van der Waals surface area (Å²) in [5, 5.41) is 2.64. The van der Waals surface area contributed by atoms with Gasteiger partial charge in [-0.2, -0.15) is 4.31 Å². The molecule has 0 unspecified atom stereocenters. The molecule has 0 saturated carbocycles. The molecule has 0 spiro atoms. The third kappa shape index (κ3) is 4.90. The molecule has 5 nitrogen and oxygen atoms in total. The van der Waals surface area contributed by atoms with Gasteiger partial charge in [0.1, 0.15) is 11.6 Å². The largest absolute Gasteiger partial charge is 0.346 e. The highest BCUT2D eigenvalue weighted by atomic mass is 32.2. The number of benzene rings is 2. The first-order chi connectivity index (χ1) is 12.7. The monoisotopic (exact) mass is 396 g/mol. The molecule has 146 valence electrons. The minimum Gasteiger partial charge on any atom is -0.346 e. The van der Waals surface area contributed by atoms with Gasteiger partial charge in [0.25, 0.3) is 5.91 Å². The zero-order valence-electron chi connectivity index (χ0n) is 15.4. The number of rotatable bonds is 7. The fourth-order valence-corrected chi connectivity index (χ4v) is 4.15. The summed E-state index contributed by atoms with van der Waals surface area (Å²) in [6.45, 7) is 5.97. The van der Waals surface area contributed by atoms with E-state index >= 15 is 0 Å². The van der Waals surface area contributed by atoms with Gasteiger partial charge >= 0.3 is 0 Å². The van der Waals surface area contributed by atoms with Crippen molar-refractivity contribution < 1.29 is 22.0 Å². The van der Waals surface area contributed by atoms with Gasteiger partial charge in [0.15, 0.2) is 0 Å². The molecule has 1 N–H and O–H groups in total. The Morgan fingerprint density at radius 1 is 1.04 bits per heavy atom. The predicted octanol–water partition coefficient (Wildman–Crippen LogP) is 3.49. The topological polar surface area (TPSA) is 66.5 Å². The minimum atomic E-state index is -3.56. The van der Waals surface area contributed by atoms with Gasteiger partial charge in [0, 0.05) is 24.7 Å². The second kappa shape index (κ2) is 8.58. The zero-order chi connectivity index (χ0) is 20.2. The predicted molar refractivity (Wildman–Crippen MR) is 98.8 cm³/mol. The maximum absolute atomic E-state index is 13.2. The number of carbonyl (C=O) groups is 1. The van der Waals surface area contributed by atoms with Crippen LogP contribution in [0.15, 0.2) is 47.4 Å². The van der Waals surface area contributed by atoms with E-state index in [1.165, 1.54) is 16.4 Å². The fraction of sp³-hybridized carbons (Fsp3) is 0.316. The lowest BCUT2D eigenvalue weighted by atomic mass is 10.1. The second-order valence-electron chi connectivity index (χ2n) is 6.01. The molecule has 0 aliphatic heterocycles. The van der Waals surface area contributed by atoms with E-state index in [4.69, 9.17) is 0 Å². The van der Waals surface area contributed by atoms with Gasteiger partial charge in [-0.25, -0.2) is 17.2 Å². The number of sulfonamides is 1. The van der Waals surface area contributed by atoms with E-state index in [-0.39, 0.29) is 10.5 Å². The van der Waals surface area contributed by atoms with Crippen LogP contribution in [0.5, 0.6) is 0 Å². The Balaban J connectivity index is 2.16. The summed E-state index contributed by atoms with van der Waals surface area (Å²) < 4.78 is 52.8. The summed E-state index contributed by atoms with van der Waals surface area (Å²) in [6, 6.07) is 8.28. The summed E-state index contributed by atoms with van der Waals surface area (Å²) in [4.78, 5) is 12.3. The molecule has 0 aromatic heterocycles. The molecule has 8 heteroatoms. The molecule has 1 atom stereocenters. The Bertz CT molecular complexity index is 891. The van der Waals surface area contributed by atoms with Gasteiger partial charge < -0.3 is 5.32 Å². The standard InChI is InChI=1S/C19H22F2N2O3S/c1-4-23(5-2)27(25,26)18-8-6-14(7-9-18)13(3)22-19(24)15-10-16(20)12-17(21)11-15/h6-13H,4-5H2,1-3H3,(H,22,24)/t13-/m0/s1. The average molecular weight is 396 g/mol. The number of hydrogen-bond donors (Lipinski definition) is 1. The highest BCUT2D eigenvalue weighted by molar-refractivity contribution is 7.89. The van der Waals surface area contributed by atoms with Crippen LogP contribution in [0.1, 0.15) is 42.7 Å². The van der Waals surface area contributed by atoms with Crippen molar-refractivity contribution in [2.24, 2.45) is 0 Å². The van der Waals surface area contributed by atoms with Gasteiger partial charge in [0.2, 0.25) is 10.0 Å². The van der Waals surface area contributed by atoms with E-state index < -0.39 is 33.6 Å². The molecule has 0 saturated heterocycles. The van der Waals surface area contributed by atoms with Crippen molar-refractivity contribution in [1.29, 1.82) is 0 Å². The van der Waals surface area contributed by atoms with Crippen LogP contribution in [0.25, 0.3) is 0 Å². The molecule has 0 radical (unpaired) electrons. The van der Waals surface area contributed by atoms with E-state index in [1.54, 1.807) is 32.9 Å². The third-order valence-electron chi connectivity index (χ3n) is 4.20. The minimum absolute atomic E-state index is 0.125. The van der Waals surface area contributed by atoms with Crippen LogP contribution in [-0.2, 0) is 10.0 Å². The van der Waals surface area contributed by atoms with Crippen LogP contribution in [-0.4, -0.2) is 31.7 Å². The van der Waals surface area contributed by atoms with Crippen molar-refractivity contribution >= 4 is 15.9 Å². The van der Waals surface area contributed by atoms with Crippen LogP contribution in [0.4, 0.5) is 8.78 Å². The Kier molecular flexibility index (Phi) is 6.67. The molecule has 2 rings (SSSR count). The van der Waals surface area contributed by atoms with E-state index in [9.17, 15) is 22.0 Å². The maximum Gasteiger partial charge on any atom is 0.251 e. The van der Waals surface area contributed by atoms with Crippen molar-refractivity contribution in [2.45, 2.75) is 31.7 Å². The number of halogens is 2. The second-order valence-corrected chi connectivity index (χ2v) is 7.95. The molecule has 0 bridgehead atoms. The zero-order valence-corrected chi connectivity index (χ0v) is 16.2. The van der Waals surface area contributed by atoms with Gasteiger partial charge in [-0.3, -0.25) is 4.79 Å². The first-order valence-electron chi connectivity index (χ1n) is 8.56. The fourth-order valence-electron chi connectivity index (χ4n) is 2.69. The van der Waals surface area contributed by atoms with E-state index in [2.05, 4.69) is 5.32 Å². The third-order valence-corrected chi connectivity index (χ3v) is 6.26. The normalized spacial score (nSPS) is 12.8. The van der Waals surface area contributed by atoms with Gasteiger partial charge in [-0.05, 0) is 36.8 Å². The van der Waals surface area contributed by atoms with E-state index in [0.717, 1.165) is 12.1 Å². The Labute approximate surface area is 158 Å². The van der Waals surface area contributed by atoms with Gasteiger partial charge in [0.05, 0.1) is 10.9 Å². The molecule has 2 aromatic rings. The van der Waals surface area contributed by atoms with Crippen LogP contribution in [0.3, 0.4) is 0 Å². The quantitative estimate of drug-likeness (QED) is 0.779. The number of amides is 1. The number of carbonyl (C=O) groups excluding carboxylic acids is 1. The summed E-state index contributed by atoms with van der Waals surface area (Å²) in [5.41, 5.74) is 0.541. The summed E-state index contributed by atoms with van der Waals surface area (Å²) in [5.74, 6) is -2.29. The molecule has 2 aromatic carbocycles. The number of hydrogen-bond acceptors (Lipinski definition) is 3. The van der Waals surface area contributed by atoms with Crippen LogP contribution in [0.2, 0.25) is 0 Å². The number of nitrogens with one attached hydrogen (secondary N) is 1. The molecule has 0 aliphatic carbocycles. The molecular weight excluding hydrogens is 374 g/mol. The van der Waals surface area contributed by atoms with Crippen molar-refractivity contribution in [2.75, 3.05) is 13.1 Å². The van der Waals surface area contributed by atoms with Crippen LogP contribution >= 0.6 is 0 Å². The Morgan fingerprint density at radius 2 is 1.56 bits per heavy atom. The van der Waals surface area contributed by atoms with Crippen molar-refractivity contribution in [3.8, 4) is 0 Å². The Hall–Kier alpha value is -2.32. The molecule has 27 heavy (non-hydrogen) atoms. The molecule has 0 heterocycles. The smallest absolute Gasteiger partial charge is 0.251 e. The van der Waals surface area contributed by atoms with Crippen molar-refractivity contribution in [3.63, 3.8) is 0 Å². The van der Waals surface area contributed by atoms with Crippen molar-refractivity contribution in [1.82, 2.24) is 9.62 Å². The molecular formula is C19H22F2N2O3S. The van der Waals surface area contributed by atoms with E-state index in [1.807, 2.05) is 0 Å². The maximum atomic E-state index is 13.2. The molecule has 0 fully saturated rings. The van der Waals surface area contributed by atoms with E-state index in [0.29, 0.717) is 24.7 Å². The molecule has 0 aliphatic rings.